The van der Waals surface area contributed by atoms with Crippen molar-refractivity contribution in [3.8, 4) is 11.4 Å². The lowest BCUT2D eigenvalue weighted by atomic mass is 10.2. The summed E-state index contributed by atoms with van der Waals surface area (Å²) in [6.45, 7) is 5.07. The fraction of sp³-hybridized carbons (Fsp3) is 0.286. The van der Waals surface area contributed by atoms with Crippen molar-refractivity contribution in [3.63, 3.8) is 0 Å². The molecule has 3 aromatic rings. The normalized spacial score (nSPS) is 11.3. The van der Waals surface area contributed by atoms with Gasteiger partial charge in [0.05, 0.1) is 10.6 Å². The van der Waals surface area contributed by atoms with E-state index in [2.05, 4.69) is 34.4 Å². The van der Waals surface area contributed by atoms with Crippen LogP contribution < -0.4 is 5.73 Å². The number of nitrogens with zero attached hydrogens (tertiary/aromatic N) is 3. The van der Waals surface area contributed by atoms with Gasteiger partial charge in [0, 0.05) is 17.6 Å². The van der Waals surface area contributed by atoms with E-state index in [1.54, 1.807) is 17.5 Å². The zero-order valence-corrected chi connectivity index (χ0v) is 11.9. The van der Waals surface area contributed by atoms with Crippen LogP contribution in [-0.4, -0.2) is 14.5 Å². The average molecular weight is 272 g/mol. The van der Waals surface area contributed by atoms with Crippen LogP contribution in [0.3, 0.4) is 0 Å². The van der Waals surface area contributed by atoms with Crippen LogP contribution in [0.1, 0.15) is 18.7 Å². The number of nitrogens with two attached hydrogens (primary N) is 1. The van der Waals surface area contributed by atoms with Gasteiger partial charge in [0.1, 0.15) is 11.3 Å². The summed E-state index contributed by atoms with van der Waals surface area (Å²) in [7, 11) is 0. The Morgan fingerprint density at radius 2 is 2.21 bits per heavy atom. The van der Waals surface area contributed by atoms with Gasteiger partial charge < -0.3 is 10.3 Å². The molecule has 0 unspecified atom stereocenters. The van der Waals surface area contributed by atoms with E-state index in [0.717, 1.165) is 40.5 Å². The fourth-order valence-corrected chi connectivity index (χ4v) is 3.13. The van der Waals surface area contributed by atoms with Gasteiger partial charge in [-0.2, -0.15) is 0 Å². The number of hydrogen-bond acceptors (Lipinski definition) is 4. The Hall–Kier alpha value is -1.88. The molecule has 0 aromatic carbocycles. The third-order valence-electron chi connectivity index (χ3n) is 3.22. The number of nitrogen functional groups attached to an aromatic ring is 1. The van der Waals surface area contributed by atoms with Crippen molar-refractivity contribution in [1.82, 2.24) is 14.5 Å². The summed E-state index contributed by atoms with van der Waals surface area (Å²) in [5.74, 6) is 0.921. The number of hydrogen-bond donors (Lipinski definition) is 1. The highest BCUT2D eigenvalue weighted by Crippen LogP contribution is 2.34. The minimum Gasteiger partial charge on any atom is -0.390 e. The monoisotopic (exact) mass is 272 g/mol. The summed E-state index contributed by atoms with van der Waals surface area (Å²) in [6, 6.07) is 6.04. The molecule has 3 rings (SSSR count). The Balaban J connectivity index is 2.26. The molecule has 98 valence electrons. The zero-order chi connectivity index (χ0) is 13.4. The quantitative estimate of drug-likeness (QED) is 0.795. The Kier molecular flexibility index (Phi) is 2.98. The summed E-state index contributed by atoms with van der Waals surface area (Å²) in [4.78, 5) is 10.4. The molecule has 0 radical (unpaired) electrons. The molecule has 19 heavy (non-hydrogen) atoms. The number of pyridine rings is 1. The van der Waals surface area contributed by atoms with Crippen LogP contribution in [-0.2, 0) is 13.0 Å². The van der Waals surface area contributed by atoms with Gasteiger partial charge >= 0.3 is 0 Å². The fourth-order valence-electron chi connectivity index (χ4n) is 2.27. The molecule has 4 nitrogen and oxygen atoms in total. The van der Waals surface area contributed by atoms with E-state index in [-0.39, 0.29) is 0 Å². The van der Waals surface area contributed by atoms with Crippen molar-refractivity contribution in [3.05, 3.63) is 29.3 Å². The molecule has 2 N–H and O–H groups in total. The molecule has 0 bridgehead atoms. The highest BCUT2D eigenvalue weighted by Gasteiger charge is 2.16. The first-order valence-electron chi connectivity index (χ1n) is 6.44. The summed E-state index contributed by atoms with van der Waals surface area (Å²) < 4.78 is 2.12. The SMILES string of the molecule is CCc1cc(-c2nc3cccnc3n2CC)c(N)s1. The highest BCUT2D eigenvalue weighted by atomic mass is 32.1. The van der Waals surface area contributed by atoms with Crippen LogP contribution in [0.5, 0.6) is 0 Å². The van der Waals surface area contributed by atoms with Crippen LogP contribution in [0.4, 0.5) is 5.00 Å². The third kappa shape index (κ3) is 1.90. The summed E-state index contributed by atoms with van der Waals surface area (Å²) in [5.41, 5.74) is 9.01. The lowest BCUT2D eigenvalue weighted by molar-refractivity contribution is 0.788. The second-order valence-electron chi connectivity index (χ2n) is 4.37. The van der Waals surface area contributed by atoms with Crippen LogP contribution >= 0.6 is 11.3 Å². The molecule has 0 saturated heterocycles. The maximum atomic E-state index is 6.14. The Labute approximate surface area is 115 Å². The van der Waals surface area contributed by atoms with Crippen LogP contribution in [0.2, 0.25) is 0 Å². The standard InChI is InChI=1S/C14H16N4S/c1-3-9-8-10(12(15)19-9)13-17-11-6-5-7-16-14(11)18(13)4-2/h5-8H,3-4,15H2,1-2H3. The first kappa shape index (κ1) is 12.2. The van der Waals surface area contributed by atoms with Gasteiger partial charge in [-0.3, -0.25) is 0 Å². The second kappa shape index (κ2) is 4.66. The molecule has 0 aliphatic heterocycles. The van der Waals surface area contributed by atoms with Crippen LogP contribution in [0.25, 0.3) is 22.6 Å². The van der Waals surface area contributed by atoms with Gasteiger partial charge in [0.2, 0.25) is 0 Å². The van der Waals surface area contributed by atoms with Crippen molar-refractivity contribution in [2.24, 2.45) is 0 Å². The number of anilines is 1. The summed E-state index contributed by atoms with van der Waals surface area (Å²) in [6.07, 6.45) is 2.80. The number of aromatic nitrogens is 3. The topological polar surface area (TPSA) is 56.7 Å². The van der Waals surface area contributed by atoms with E-state index >= 15 is 0 Å². The molecule has 5 heteroatoms. The van der Waals surface area contributed by atoms with Crippen LogP contribution in [0, 0.1) is 0 Å². The van der Waals surface area contributed by atoms with Crippen molar-refractivity contribution in [1.29, 1.82) is 0 Å². The number of rotatable bonds is 3. The van der Waals surface area contributed by atoms with Gasteiger partial charge in [0.25, 0.3) is 0 Å². The van der Waals surface area contributed by atoms with E-state index < -0.39 is 0 Å². The molecule has 0 spiro atoms. The van der Waals surface area contributed by atoms with Gasteiger partial charge in [-0.05, 0) is 31.5 Å². The molecule has 3 heterocycles. The molecule has 0 saturated carbocycles. The van der Waals surface area contributed by atoms with Crippen LogP contribution in [0.15, 0.2) is 24.4 Å². The first-order chi connectivity index (χ1) is 9.24. The molecular formula is C14H16N4S. The number of imidazole rings is 1. The van der Waals surface area contributed by atoms with Crippen molar-refractivity contribution in [2.75, 3.05) is 5.73 Å². The molecule has 0 amide bonds. The van der Waals surface area contributed by atoms with Gasteiger partial charge in [-0.25, -0.2) is 9.97 Å². The first-order valence-corrected chi connectivity index (χ1v) is 7.26. The predicted octanol–water partition coefficient (Wildman–Crippen LogP) is 3.32. The summed E-state index contributed by atoms with van der Waals surface area (Å²) in [5, 5.41) is 0.835. The maximum absolute atomic E-state index is 6.14. The minimum absolute atomic E-state index is 0.833. The van der Waals surface area contributed by atoms with E-state index in [1.165, 1.54) is 4.88 Å². The Morgan fingerprint density at radius 3 is 2.89 bits per heavy atom. The Bertz CT molecular complexity index is 726. The molecule has 0 aliphatic rings. The minimum atomic E-state index is 0.833. The van der Waals surface area contributed by atoms with E-state index in [9.17, 15) is 0 Å². The smallest absolute Gasteiger partial charge is 0.160 e. The zero-order valence-electron chi connectivity index (χ0n) is 11.1. The number of thiophene rings is 1. The van der Waals surface area contributed by atoms with Gasteiger partial charge in [-0.15, -0.1) is 11.3 Å². The molecule has 0 fully saturated rings. The average Bonchev–Trinajstić information content (AvgIpc) is 2.98. The van der Waals surface area contributed by atoms with Gasteiger partial charge in [0.15, 0.2) is 5.65 Å². The number of fused-ring (bicyclic) bond motifs is 1. The van der Waals surface area contributed by atoms with Gasteiger partial charge in [-0.1, -0.05) is 6.92 Å². The van der Waals surface area contributed by atoms with E-state index in [4.69, 9.17) is 5.73 Å². The van der Waals surface area contributed by atoms with E-state index in [1.807, 2.05) is 12.1 Å². The highest BCUT2D eigenvalue weighted by molar-refractivity contribution is 7.16. The van der Waals surface area contributed by atoms with Crippen molar-refractivity contribution >= 4 is 27.5 Å². The molecular weight excluding hydrogens is 256 g/mol. The third-order valence-corrected chi connectivity index (χ3v) is 4.33. The molecule has 3 aromatic heterocycles. The lowest BCUT2D eigenvalue weighted by Crippen LogP contribution is -1.99. The largest absolute Gasteiger partial charge is 0.390 e. The van der Waals surface area contributed by atoms with Crippen molar-refractivity contribution < 1.29 is 0 Å². The second-order valence-corrected chi connectivity index (χ2v) is 5.54. The van der Waals surface area contributed by atoms with Crippen molar-refractivity contribution in [2.45, 2.75) is 26.8 Å². The maximum Gasteiger partial charge on any atom is 0.160 e. The molecule has 0 atom stereocenters. The number of aryl methyl sites for hydroxylation is 2. The Morgan fingerprint density at radius 1 is 1.37 bits per heavy atom. The lowest BCUT2D eigenvalue weighted by Gasteiger charge is -2.04. The predicted molar refractivity (Wildman–Crippen MR) is 80.3 cm³/mol. The van der Waals surface area contributed by atoms with E-state index in [0.29, 0.717) is 0 Å². The molecule has 0 aliphatic carbocycles. The summed E-state index contributed by atoms with van der Waals surface area (Å²) >= 11 is 1.64.